The number of hydrogen-bond donors (Lipinski definition) is 0. The Morgan fingerprint density at radius 3 is 2.87 bits per heavy atom. The van der Waals surface area contributed by atoms with Gasteiger partial charge < -0.3 is 14.2 Å². The summed E-state index contributed by atoms with van der Waals surface area (Å²) in [5, 5.41) is 8.70. The molecule has 0 spiro atoms. The van der Waals surface area contributed by atoms with Crippen molar-refractivity contribution >= 4 is 5.91 Å². The topological polar surface area (TPSA) is 63.5 Å². The molecule has 1 aromatic rings. The molecule has 2 aliphatic heterocycles. The zero-order valence-corrected chi connectivity index (χ0v) is 14.4. The van der Waals surface area contributed by atoms with E-state index >= 15 is 0 Å². The number of rotatable bonds is 4. The number of hydrogen-bond acceptors (Lipinski definition) is 5. The van der Waals surface area contributed by atoms with Gasteiger partial charge >= 0.3 is 0 Å². The highest BCUT2D eigenvalue weighted by Crippen LogP contribution is 2.19. The van der Waals surface area contributed by atoms with Gasteiger partial charge in [0.15, 0.2) is 5.82 Å². The highest BCUT2D eigenvalue weighted by Gasteiger charge is 2.30. The van der Waals surface area contributed by atoms with Gasteiger partial charge in [-0.2, -0.15) is 0 Å². The number of carbonyl (C=O) groups is 1. The van der Waals surface area contributed by atoms with Crippen LogP contribution in [-0.2, 0) is 29.2 Å². The zero-order valence-electron chi connectivity index (χ0n) is 14.4. The average Bonchev–Trinajstić information content (AvgIpc) is 3.12. The molecule has 1 aromatic heterocycles. The van der Waals surface area contributed by atoms with Gasteiger partial charge in [-0.1, -0.05) is 0 Å². The SMILES string of the molecule is CC(C)N(C)Cc1nnc2n1CCCN(C(=O)C1CCCO1)C2. The van der Waals surface area contributed by atoms with Gasteiger partial charge in [-0.15, -0.1) is 10.2 Å². The van der Waals surface area contributed by atoms with E-state index in [9.17, 15) is 4.79 Å². The van der Waals surface area contributed by atoms with Gasteiger partial charge in [0.05, 0.1) is 13.1 Å². The molecule has 7 nitrogen and oxygen atoms in total. The van der Waals surface area contributed by atoms with Gasteiger partial charge in [-0.25, -0.2) is 0 Å². The van der Waals surface area contributed by atoms with E-state index in [-0.39, 0.29) is 12.0 Å². The van der Waals surface area contributed by atoms with Crippen molar-refractivity contribution in [2.45, 2.75) is 64.9 Å². The minimum Gasteiger partial charge on any atom is -0.368 e. The molecule has 3 rings (SSSR count). The number of carbonyl (C=O) groups excluding carboxylic acids is 1. The Morgan fingerprint density at radius 1 is 1.35 bits per heavy atom. The van der Waals surface area contributed by atoms with Crippen molar-refractivity contribution in [1.29, 1.82) is 0 Å². The Morgan fingerprint density at radius 2 is 2.17 bits per heavy atom. The lowest BCUT2D eigenvalue weighted by Crippen LogP contribution is -2.38. The Hall–Kier alpha value is -1.47. The molecule has 23 heavy (non-hydrogen) atoms. The lowest BCUT2D eigenvalue weighted by atomic mass is 10.2. The average molecular weight is 321 g/mol. The Bertz CT molecular complexity index is 551. The fraction of sp³-hybridized carbons (Fsp3) is 0.812. The first-order valence-electron chi connectivity index (χ1n) is 8.58. The second-order valence-electron chi connectivity index (χ2n) is 6.81. The van der Waals surface area contributed by atoms with Crippen LogP contribution in [0.5, 0.6) is 0 Å². The Labute approximate surface area is 137 Å². The van der Waals surface area contributed by atoms with Crippen molar-refractivity contribution in [2.75, 3.05) is 20.2 Å². The molecular formula is C16H27N5O2. The quantitative estimate of drug-likeness (QED) is 0.829. The normalized spacial score (nSPS) is 21.8. The summed E-state index contributed by atoms with van der Waals surface area (Å²) in [7, 11) is 2.09. The van der Waals surface area contributed by atoms with Crippen molar-refractivity contribution in [1.82, 2.24) is 24.6 Å². The number of ether oxygens (including phenoxy) is 1. The summed E-state index contributed by atoms with van der Waals surface area (Å²) in [6.45, 7) is 8.00. The fourth-order valence-electron chi connectivity index (χ4n) is 3.10. The lowest BCUT2D eigenvalue weighted by molar-refractivity contribution is -0.141. The summed E-state index contributed by atoms with van der Waals surface area (Å²) in [5.41, 5.74) is 0. The molecule has 1 amide bonds. The molecule has 128 valence electrons. The third-order valence-corrected chi connectivity index (χ3v) is 4.84. The molecule has 0 bridgehead atoms. The van der Waals surface area contributed by atoms with Crippen molar-refractivity contribution in [2.24, 2.45) is 0 Å². The summed E-state index contributed by atoms with van der Waals surface area (Å²) < 4.78 is 7.72. The van der Waals surface area contributed by atoms with Gasteiger partial charge in [0.25, 0.3) is 5.91 Å². The van der Waals surface area contributed by atoms with Crippen LogP contribution in [0.25, 0.3) is 0 Å². The zero-order chi connectivity index (χ0) is 16.4. The van der Waals surface area contributed by atoms with E-state index in [0.29, 0.717) is 19.2 Å². The molecule has 0 aromatic carbocycles. The standard InChI is InChI=1S/C16H27N5O2/c1-12(2)19(3)10-14-17-18-15-11-20(7-5-8-21(14)15)16(22)13-6-4-9-23-13/h12-13H,4-11H2,1-3H3. The minimum atomic E-state index is -0.254. The number of fused-ring (bicyclic) bond motifs is 1. The first-order valence-corrected chi connectivity index (χ1v) is 8.58. The Balaban J connectivity index is 1.71. The van der Waals surface area contributed by atoms with Gasteiger partial charge in [0.2, 0.25) is 0 Å². The fourth-order valence-corrected chi connectivity index (χ4v) is 3.10. The summed E-state index contributed by atoms with van der Waals surface area (Å²) in [5.74, 6) is 1.99. The van der Waals surface area contributed by atoms with Crippen molar-refractivity contribution in [3.8, 4) is 0 Å². The van der Waals surface area contributed by atoms with Gasteiger partial charge in [0, 0.05) is 25.7 Å². The van der Waals surface area contributed by atoms with E-state index < -0.39 is 0 Å². The molecule has 7 heteroatoms. The molecule has 0 saturated carbocycles. The molecule has 0 radical (unpaired) electrons. The van der Waals surface area contributed by atoms with Crippen LogP contribution in [0.3, 0.4) is 0 Å². The smallest absolute Gasteiger partial charge is 0.252 e. The molecule has 1 unspecified atom stereocenters. The number of aromatic nitrogens is 3. The molecule has 1 saturated heterocycles. The third kappa shape index (κ3) is 3.55. The molecule has 0 aliphatic carbocycles. The van der Waals surface area contributed by atoms with E-state index in [2.05, 4.69) is 40.6 Å². The van der Waals surface area contributed by atoms with Crippen LogP contribution < -0.4 is 0 Å². The second kappa shape index (κ2) is 6.97. The Kier molecular flexibility index (Phi) is 4.96. The van der Waals surface area contributed by atoms with Crippen molar-refractivity contribution in [3.05, 3.63) is 11.6 Å². The first-order chi connectivity index (χ1) is 11.1. The maximum Gasteiger partial charge on any atom is 0.252 e. The molecular weight excluding hydrogens is 294 g/mol. The van der Waals surface area contributed by atoms with Crippen LogP contribution in [0.4, 0.5) is 0 Å². The van der Waals surface area contributed by atoms with E-state index in [1.54, 1.807) is 0 Å². The third-order valence-electron chi connectivity index (χ3n) is 4.84. The lowest BCUT2D eigenvalue weighted by Gasteiger charge is -2.22. The van der Waals surface area contributed by atoms with Gasteiger partial charge in [-0.3, -0.25) is 9.69 Å². The molecule has 1 fully saturated rings. The number of nitrogens with zero attached hydrogens (tertiary/aromatic N) is 5. The summed E-state index contributed by atoms with van der Waals surface area (Å²) in [6.07, 6.45) is 2.50. The molecule has 3 heterocycles. The van der Waals surface area contributed by atoms with Crippen LogP contribution in [0, 0.1) is 0 Å². The molecule has 0 N–H and O–H groups in total. The highest BCUT2D eigenvalue weighted by atomic mass is 16.5. The first kappa shape index (κ1) is 16.4. The second-order valence-corrected chi connectivity index (χ2v) is 6.81. The van der Waals surface area contributed by atoms with Crippen LogP contribution in [-0.4, -0.2) is 62.8 Å². The van der Waals surface area contributed by atoms with Crippen LogP contribution in [0.15, 0.2) is 0 Å². The highest BCUT2D eigenvalue weighted by molar-refractivity contribution is 5.81. The number of amides is 1. The molecule has 1 atom stereocenters. The maximum atomic E-state index is 12.6. The monoisotopic (exact) mass is 321 g/mol. The summed E-state index contributed by atoms with van der Waals surface area (Å²) in [6, 6.07) is 0.464. The van der Waals surface area contributed by atoms with Crippen molar-refractivity contribution < 1.29 is 9.53 Å². The summed E-state index contributed by atoms with van der Waals surface area (Å²) >= 11 is 0. The largest absolute Gasteiger partial charge is 0.368 e. The molecule has 2 aliphatic rings. The van der Waals surface area contributed by atoms with E-state index in [1.807, 2.05) is 4.90 Å². The minimum absolute atomic E-state index is 0.111. The maximum absolute atomic E-state index is 12.6. The van der Waals surface area contributed by atoms with E-state index in [4.69, 9.17) is 4.74 Å². The van der Waals surface area contributed by atoms with Crippen molar-refractivity contribution in [3.63, 3.8) is 0 Å². The van der Waals surface area contributed by atoms with Crippen LogP contribution in [0.2, 0.25) is 0 Å². The predicted molar refractivity (Wildman–Crippen MR) is 85.6 cm³/mol. The van der Waals surface area contributed by atoms with Gasteiger partial charge in [-0.05, 0) is 40.2 Å². The van der Waals surface area contributed by atoms with E-state index in [1.165, 1.54) is 0 Å². The predicted octanol–water partition coefficient (Wildman–Crippen LogP) is 1.03. The van der Waals surface area contributed by atoms with E-state index in [0.717, 1.165) is 50.5 Å². The van der Waals surface area contributed by atoms with Gasteiger partial charge in [0.1, 0.15) is 11.9 Å². The van der Waals surface area contributed by atoms with Crippen LogP contribution >= 0.6 is 0 Å². The van der Waals surface area contributed by atoms with Crippen LogP contribution in [0.1, 0.15) is 44.8 Å². The summed E-state index contributed by atoms with van der Waals surface area (Å²) in [4.78, 5) is 16.7.